The standard InChI is InChI=1S/C19H25N3O2S2/c1-12-5-6-15-14(8-12)9-16(26-15)18-20-21-19(24-18)25-11-17(23)22-7-3-4-13(2)10-22/h9,12-13H,3-8,10-11H2,1-2H3/t12-,13-/m1/s1. The van der Waals surface area contributed by atoms with Gasteiger partial charge in [0.15, 0.2) is 0 Å². The third-order valence-corrected chi connectivity index (χ3v) is 7.30. The first-order valence-electron chi connectivity index (χ1n) is 9.44. The summed E-state index contributed by atoms with van der Waals surface area (Å²) < 4.78 is 5.81. The molecule has 0 N–H and O–H groups in total. The number of hydrogen-bond donors (Lipinski definition) is 0. The Labute approximate surface area is 162 Å². The number of nitrogens with zero attached hydrogens (tertiary/aromatic N) is 3. The maximum absolute atomic E-state index is 12.4. The Morgan fingerprint density at radius 1 is 1.35 bits per heavy atom. The van der Waals surface area contributed by atoms with Gasteiger partial charge >= 0.3 is 0 Å². The van der Waals surface area contributed by atoms with Crippen LogP contribution in [-0.4, -0.2) is 39.8 Å². The number of thioether (sulfide) groups is 1. The van der Waals surface area contributed by atoms with Gasteiger partial charge in [0.1, 0.15) is 0 Å². The molecule has 0 radical (unpaired) electrons. The number of thiophene rings is 1. The average molecular weight is 392 g/mol. The van der Waals surface area contributed by atoms with Crippen LogP contribution in [0.1, 0.15) is 43.6 Å². The molecule has 1 amide bonds. The Bertz CT molecular complexity index is 786. The van der Waals surface area contributed by atoms with Crippen LogP contribution in [0.3, 0.4) is 0 Å². The molecule has 2 aromatic rings. The summed E-state index contributed by atoms with van der Waals surface area (Å²) in [5, 5.41) is 8.81. The summed E-state index contributed by atoms with van der Waals surface area (Å²) in [6.07, 6.45) is 5.87. The van der Waals surface area contributed by atoms with E-state index in [0.717, 1.165) is 43.1 Å². The molecule has 1 fully saturated rings. The van der Waals surface area contributed by atoms with E-state index in [2.05, 4.69) is 30.1 Å². The zero-order valence-corrected chi connectivity index (χ0v) is 17.0. The molecule has 140 valence electrons. The molecule has 0 bridgehead atoms. The average Bonchev–Trinajstić information content (AvgIpc) is 3.25. The molecule has 0 saturated carbocycles. The second kappa shape index (κ2) is 7.72. The van der Waals surface area contributed by atoms with Gasteiger partial charge in [-0.05, 0) is 55.6 Å². The smallest absolute Gasteiger partial charge is 0.277 e. The molecule has 2 aromatic heterocycles. The van der Waals surface area contributed by atoms with E-state index in [0.29, 0.717) is 22.8 Å². The topological polar surface area (TPSA) is 59.2 Å². The Balaban J connectivity index is 1.37. The molecule has 4 rings (SSSR count). The Hall–Kier alpha value is -1.34. The molecule has 3 heterocycles. The minimum absolute atomic E-state index is 0.168. The van der Waals surface area contributed by atoms with Crippen molar-refractivity contribution < 1.29 is 9.21 Å². The molecule has 1 saturated heterocycles. The van der Waals surface area contributed by atoms with E-state index in [9.17, 15) is 4.79 Å². The molecule has 2 aliphatic rings. The second-order valence-electron chi connectivity index (χ2n) is 7.66. The molecule has 7 heteroatoms. The van der Waals surface area contributed by atoms with Gasteiger partial charge in [-0.15, -0.1) is 21.5 Å². The lowest BCUT2D eigenvalue weighted by Gasteiger charge is -2.30. The fraction of sp³-hybridized carbons (Fsp3) is 0.632. The van der Waals surface area contributed by atoms with E-state index in [1.165, 1.54) is 35.0 Å². The number of fused-ring (bicyclic) bond motifs is 1. The number of aromatic nitrogens is 2. The van der Waals surface area contributed by atoms with Crippen LogP contribution in [0.4, 0.5) is 0 Å². The molecular weight excluding hydrogens is 366 g/mol. The lowest BCUT2D eigenvalue weighted by Crippen LogP contribution is -2.40. The highest BCUT2D eigenvalue weighted by molar-refractivity contribution is 7.99. The van der Waals surface area contributed by atoms with E-state index >= 15 is 0 Å². The van der Waals surface area contributed by atoms with E-state index in [1.807, 2.05) is 4.90 Å². The van der Waals surface area contributed by atoms with Gasteiger partial charge in [-0.25, -0.2) is 0 Å². The van der Waals surface area contributed by atoms with Gasteiger partial charge in [0.25, 0.3) is 11.1 Å². The number of hydrogen-bond acceptors (Lipinski definition) is 6. The molecule has 2 atom stereocenters. The second-order valence-corrected chi connectivity index (χ2v) is 9.72. The highest BCUT2D eigenvalue weighted by atomic mass is 32.2. The van der Waals surface area contributed by atoms with Crippen LogP contribution in [0.15, 0.2) is 15.7 Å². The Kier molecular flexibility index (Phi) is 5.36. The van der Waals surface area contributed by atoms with Crippen LogP contribution in [-0.2, 0) is 17.6 Å². The fourth-order valence-electron chi connectivity index (χ4n) is 3.81. The van der Waals surface area contributed by atoms with Gasteiger partial charge < -0.3 is 9.32 Å². The number of amides is 1. The number of likely N-dealkylation sites (tertiary alicyclic amines) is 1. The van der Waals surface area contributed by atoms with Gasteiger partial charge in [-0.2, -0.15) is 0 Å². The van der Waals surface area contributed by atoms with Gasteiger partial charge in [0.05, 0.1) is 10.6 Å². The zero-order chi connectivity index (χ0) is 18.1. The number of rotatable bonds is 4. The molecule has 0 spiro atoms. The van der Waals surface area contributed by atoms with Gasteiger partial charge in [0, 0.05) is 18.0 Å². The number of piperidine rings is 1. The molecule has 0 unspecified atom stereocenters. The quantitative estimate of drug-likeness (QED) is 0.728. The third kappa shape index (κ3) is 3.98. The summed E-state index contributed by atoms with van der Waals surface area (Å²) >= 11 is 3.12. The number of aryl methyl sites for hydroxylation is 1. The predicted molar refractivity (Wildman–Crippen MR) is 105 cm³/mol. The van der Waals surface area contributed by atoms with E-state index in [4.69, 9.17) is 4.42 Å². The van der Waals surface area contributed by atoms with Crippen molar-refractivity contribution in [2.75, 3.05) is 18.8 Å². The van der Waals surface area contributed by atoms with E-state index in [1.54, 1.807) is 11.3 Å². The molecule has 1 aliphatic carbocycles. The van der Waals surface area contributed by atoms with Crippen molar-refractivity contribution in [3.63, 3.8) is 0 Å². The molecule has 0 aromatic carbocycles. The lowest BCUT2D eigenvalue weighted by molar-refractivity contribution is -0.130. The summed E-state index contributed by atoms with van der Waals surface area (Å²) in [6.45, 7) is 6.26. The molecule has 5 nitrogen and oxygen atoms in total. The van der Waals surface area contributed by atoms with Crippen molar-refractivity contribution in [1.82, 2.24) is 15.1 Å². The van der Waals surface area contributed by atoms with Crippen molar-refractivity contribution >= 4 is 29.0 Å². The lowest BCUT2D eigenvalue weighted by atomic mass is 9.90. The maximum Gasteiger partial charge on any atom is 0.277 e. The first-order chi connectivity index (χ1) is 12.6. The van der Waals surface area contributed by atoms with Crippen LogP contribution in [0.25, 0.3) is 10.8 Å². The monoisotopic (exact) mass is 391 g/mol. The largest absolute Gasteiger partial charge is 0.410 e. The predicted octanol–water partition coefficient (Wildman–Crippen LogP) is 4.27. The molecule has 26 heavy (non-hydrogen) atoms. The van der Waals surface area contributed by atoms with Crippen molar-refractivity contribution in [2.24, 2.45) is 11.8 Å². The van der Waals surface area contributed by atoms with Crippen LogP contribution in [0, 0.1) is 11.8 Å². The summed E-state index contributed by atoms with van der Waals surface area (Å²) in [4.78, 5) is 16.9. The van der Waals surface area contributed by atoms with Crippen molar-refractivity contribution in [3.8, 4) is 10.8 Å². The van der Waals surface area contributed by atoms with Crippen molar-refractivity contribution in [1.29, 1.82) is 0 Å². The summed E-state index contributed by atoms with van der Waals surface area (Å²) in [7, 11) is 0. The van der Waals surface area contributed by atoms with Gasteiger partial charge in [0.2, 0.25) is 5.91 Å². The SMILES string of the molecule is C[C@@H]1CCc2sc(-c3nnc(SCC(=O)N4CCC[C@@H](C)C4)o3)cc2C1. The van der Waals surface area contributed by atoms with Crippen molar-refractivity contribution in [3.05, 3.63) is 16.5 Å². The molecular formula is C19H25N3O2S2. The van der Waals surface area contributed by atoms with E-state index < -0.39 is 0 Å². The summed E-state index contributed by atoms with van der Waals surface area (Å²) in [5.74, 6) is 2.47. The van der Waals surface area contributed by atoms with Crippen LogP contribution < -0.4 is 0 Å². The maximum atomic E-state index is 12.4. The first-order valence-corrected chi connectivity index (χ1v) is 11.2. The normalized spacial score (nSPS) is 23.1. The Morgan fingerprint density at radius 3 is 3.08 bits per heavy atom. The number of carbonyl (C=O) groups excluding carboxylic acids is 1. The van der Waals surface area contributed by atoms with Gasteiger partial charge in [-0.1, -0.05) is 25.6 Å². The minimum atomic E-state index is 0.168. The van der Waals surface area contributed by atoms with Crippen LogP contribution in [0.5, 0.6) is 0 Å². The zero-order valence-electron chi connectivity index (χ0n) is 15.4. The van der Waals surface area contributed by atoms with E-state index in [-0.39, 0.29) is 5.91 Å². The van der Waals surface area contributed by atoms with Crippen molar-refractivity contribution in [2.45, 2.75) is 51.2 Å². The van der Waals surface area contributed by atoms with Gasteiger partial charge in [-0.3, -0.25) is 4.79 Å². The summed E-state index contributed by atoms with van der Waals surface area (Å²) in [6, 6.07) is 2.21. The minimum Gasteiger partial charge on any atom is -0.410 e. The Morgan fingerprint density at radius 2 is 2.23 bits per heavy atom. The third-order valence-electron chi connectivity index (χ3n) is 5.28. The first kappa shape index (κ1) is 18.0. The van der Waals surface area contributed by atoms with Crippen LogP contribution in [0.2, 0.25) is 0 Å². The number of carbonyl (C=O) groups is 1. The molecule has 1 aliphatic heterocycles. The highest BCUT2D eigenvalue weighted by Crippen LogP contribution is 2.37. The fourth-order valence-corrected chi connectivity index (χ4v) is 5.61. The highest BCUT2D eigenvalue weighted by Gasteiger charge is 2.23. The van der Waals surface area contributed by atoms with Crippen LogP contribution >= 0.6 is 23.1 Å². The summed E-state index contributed by atoms with van der Waals surface area (Å²) in [5.41, 5.74) is 1.44.